The normalized spacial score (nSPS) is 18.7. The first-order chi connectivity index (χ1) is 12.4. The largest absolute Gasteiger partial charge is 0.493 e. The molecule has 1 atom stereocenters. The number of carbonyl (C=O) groups excluding carboxylic acids is 1. The Labute approximate surface area is 168 Å². The van der Waals surface area contributed by atoms with Gasteiger partial charge in [-0.3, -0.25) is 14.7 Å². The number of amides is 1. The Hall–Kier alpha value is -1.47. The molecule has 0 bridgehead atoms. The zero-order valence-corrected chi connectivity index (χ0v) is 18.2. The van der Waals surface area contributed by atoms with Crippen LogP contribution >= 0.6 is 27.7 Å². The molecule has 0 aromatic heterocycles. The maximum Gasteiger partial charge on any atom is 0.266 e. The third kappa shape index (κ3) is 4.62. The summed E-state index contributed by atoms with van der Waals surface area (Å²) < 4.78 is 12.2. The van der Waals surface area contributed by atoms with Gasteiger partial charge in [0.2, 0.25) is 0 Å². The highest BCUT2D eigenvalue weighted by atomic mass is 79.9. The summed E-state index contributed by atoms with van der Waals surface area (Å²) in [5.41, 5.74) is 0.870. The van der Waals surface area contributed by atoms with Gasteiger partial charge in [-0.2, -0.15) is 0 Å². The predicted molar refractivity (Wildman–Crippen MR) is 112 cm³/mol. The first kappa shape index (κ1) is 20.8. The molecule has 0 saturated carbocycles. The van der Waals surface area contributed by atoms with E-state index in [0.717, 1.165) is 21.6 Å². The summed E-state index contributed by atoms with van der Waals surface area (Å²) in [6.45, 7) is 9.27. The Morgan fingerprint density at radius 1 is 1.35 bits per heavy atom. The molecule has 5 nitrogen and oxygen atoms in total. The van der Waals surface area contributed by atoms with E-state index < -0.39 is 0 Å². The van der Waals surface area contributed by atoms with Crippen molar-refractivity contribution in [1.29, 1.82) is 0 Å². The van der Waals surface area contributed by atoms with Crippen molar-refractivity contribution >= 4 is 44.8 Å². The second-order valence-electron chi connectivity index (χ2n) is 5.79. The van der Waals surface area contributed by atoms with Crippen LogP contribution in [0, 0.1) is 0 Å². The fraction of sp³-hybridized carbons (Fsp3) is 0.474. The number of hydrogen-bond donors (Lipinski definition) is 0. The van der Waals surface area contributed by atoms with Crippen molar-refractivity contribution in [2.75, 3.05) is 20.2 Å². The zero-order chi connectivity index (χ0) is 19.3. The lowest BCUT2D eigenvalue weighted by Gasteiger charge is -2.17. The van der Waals surface area contributed by atoms with Crippen LogP contribution in [0.25, 0.3) is 6.08 Å². The Morgan fingerprint density at radius 2 is 2.08 bits per heavy atom. The van der Waals surface area contributed by atoms with Crippen LogP contribution in [-0.4, -0.2) is 42.3 Å². The van der Waals surface area contributed by atoms with Gasteiger partial charge in [0.1, 0.15) is 0 Å². The predicted octanol–water partition coefficient (Wildman–Crippen LogP) is 4.95. The molecule has 2 rings (SSSR count). The van der Waals surface area contributed by atoms with Gasteiger partial charge in [0.25, 0.3) is 5.91 Å². The van der Waals surface area contributed by atoms with Crippen LogP contribution in [0.3, 0.4) is 0 Å². The number of rotatable bonds is 7. The number of aliphatic imine (C=N–C) groups is 1. The summed E-state index contributed by atoms with van der Waals surface area (Å²) in [5.74, 6) is 1.30. The molecule has 1 aromatic rings. The van der Waals surface area contributed by atoms with Crippen molar-refractivity contribution in [3.8, 4) is 11.5 Å². The van der Waals surface area contributed by atoms with Crippen LogP contribution in [0.15, 0.2) is 26.5 Å². The summed E-state index contributed by atoms with van der Waals surface area (Å²) >= 11 is 4.97. The summed E-state index contributed by atoms with van der Waals surface area (Å²) in [5, 5.41) is 0.758. The Bertz CT molecular complexity index is 734. The molecule has 1 saturated heterocycles. The first-order valence-corrected chi connectivity index (χ1v) is 10.4. The first-order valence-electron chi connectivity index (χ1n) is 8.75. The molecule has 0 unspecified atom stereocenters. The van der Waals surface area contributed by atoms with E-state index in [4.69, 9.17) is 9.47 Å². The van der Waals surface area contributed by atoms with Gasteiger partial charge in [-0.1, -0.05) is 6.92 Å². The molecular weight excluding hydrogens is 416 g/mol. The second-order valence-corrected chi connectivity index (χ2v) is 7.65. The Kier molecular flexibility index (Phi) is 7.58. The molecule has 0 radical (unpaired) electrons. The number of likely N-dealkylation sites (N-methyl/N-ethyl adjacent to an activating group) is 1. The lowest BCUT2D eigenvalue weighted by atomic mass is 10.1. The molecule has 1 amide bonds. The summed E-state index contributed by atoms with van der Waals surface area (Å²) in [7, 11) is 1.61. The molecule has 1 heterocycles. The van der Waals surface area contributed by atoms with Crippen molar-refractivity contribution in [2.45, 2.75) is 40.2 Å². The van der Waals surface area contributed by atoms with Crippen molar-refractivity contribution in [3.05, 3.63) is 27.1 Å². The second kappa shape index (κ2) is 9.46. The SMILES string of the molecule is CCN=C1S/C(=C\c2cc(Br)c(O[C@H](C)CC)c(OC)c2)C(=O)N1CC. The minimum atomic E-state index is -0.0141. The Morgan fingerprint density at radius 3 is 2.65 bits per heavy atom. The molecule has 0 aliphatic carbocycles. The van der Waals surface area contributed by atoms with Gasteiger partial charge in [-0.15, -0.1) is 0 Å². The van der Waals surface area contributed by atoms with Gasteiger partial charge in [0.05, 0.1) is 22.6 Å². The number of benzene rings is 1. The minimum Gasteiger partial charge on any atom is -0.493 e. The maximum atomic E-state index is 12.6. The van der Waals surface area contributed by atoms with Crippen molar-refractivity contribution < 1.29 is 14.3 Å². The van der Waals surface area contributed by atoms with Crippen molar-refractivity contribution in [2.24, 2.45) is 4.99 Å². The third-order valence-corrected chi connectivity index (χ3v) is 5.57. The molecule has 142 valence electrons. The average molecular weight is 441 g/mol. The highest BCUT2D eigenvalue weighted by molar-refractivity contribution is 9.10. The molecule has 1 aliphatic heterocycles. The van der Waals surface area contributed by atoms with Gasteiger partial charge in [-0.25, -0.2) is 0 Å². The number of halogens is 1. The van der Waals surface area contributed by atoms with Crippen molar-refractivity contribution in [3.63, 3.8) is 0 Å². The fourth-order valence-corrected chi connectivity index (χ4v) is 4.07. The van der Waals surface area contributed by atoms with Gasteiger partial charge >= 0.3 is 0 Å². The number of amidine groups is 1. The minimum absolute atomic E-state index is 0.0141. The van der Waals surface area contributed by atoms with Gasteiger partial charge < -0.3 is 9.47 Å². The van der Waals surface area contributed by atoms with E-state index in [-0.39, 0.29) is 12.0 Å². The number of thioether (sulfide) groups is 1. The molecule has 1 aromatic carbocycles. The molecule has 0 spiro atoms. The lowest BCUT2D eigenvalue weighted by molar-refractivity contribution is -0.122. The molecule has 26 heavy (non-hydrogen) atoms. The number of hydrogen-bond acceptors (Lipinski definition) is 5. The molecule has 1 aliphatic rings. The van der Waals surface area contributed by atoms with Crippen LogP contribution in [-0.2, 0) is 4.79 Å². The van der Waals surface area contributed by atoms with Crippen molar-refractivity contribution in [1.82, 2.24) is 4.90 Å². The third-order valence-electron chi connectivity index (χ3n) is 3.94. The molecule has 7 heteroatoms. The quantitative estimate of drug-likeness (QED) is 0.562. The maximum absolute atomic E-state index is 12.6. The molecule has 1 fully saturated rings. The van der Waals surface area contributed by atoms with E-state index in [0.29, 0.717) is 29.5 Å². The van der Waals surface area contributed by atoms with Gasteiger partial charge in [-0.05, 0) is 78.7 Å². The summed E-state index contributed by atoms with van der Waals surface area (Å²) in [4.78, 5) is 19.4. The zero-order valence-electron chi connectivity index (χ0n) is 15.8. The number of carbonyl (C=O) groups is 1. The summed E-state index contributed by atoms with van der Waals surface area (Å²) in [6.07, 6.45) is 2.86. The Balaban J connectivity index is 2.38. The van der Waals surface area contributed by atoms with Crippen LogP contribution in [0.1, 0.15) is 39.7 Å². The smallest absolute Gasteiger partial charge is 0.266 e. The monoisotopic (exact) mass is 440 g/mol. The standard InChI is InChI=1S/C19H25BrN2O3S/c1-6-12(4)25-17-14(20)9-13(10-15(17)24-5)11-16-18(23)22(8-3)19(26-16)21-7-2/h9-12H,6-8H2,1-5H3/b16-11-,21-19?/t12-/m1/s1. The van der Waals surface area contributed by atoms with Crippen LogP contribution in [0.5, 0.6) is 11.5 Å². The number of methoxy groups -OCH3 is 1. The van der Waals surface area contributed by atoms with Crippen LogP contribution in [0.2, 0.25) is 0 Å². The molecular formula is C19H25BrN2O3S. The average Bonchev–Trinajstić information content (AvgIpc) is 2.91. The van der Waals surface area contributed by atoms with E-state index in [2.05, 4.69) is 27.8 Å². The highest BCUT2D eigenvalue weighted by Crippen LogP contribution is 2.39. The van der Waals surface area contributed by atoms with Crippen LogP contribution < -0.4 is 9.47 Å². The summed E-state index contributed by atoms with van der Waals surface area (Å²) in [6, 6.07) is 3.82. The van der Waals surface area contributed by atoms with Crippen LogP contribution in [0.4, 0.5) is 0 Å². The van der Waals surface area contributed by atoms with Gasteiger partial charge in [0, 0.05) is 13.1 Å². The molecule has 0 N–H and O–H groups in total. The van der Waals surface area contributed by atoms with E-state index in [9.17, 15) is 4.79 Å². The van der Waals surface area contributed by atoms with Gasteiger partial charge in [0.15, 0.2) is 16.7 Å². The van der Waals surface area contributed by atoms with E-state index in [1.807, 2.05) is 39.0 Å². The number of nitrogens with zero attached hydrogens (tertiary/aromatic N) is 2. The van der Waals surface area contributed by atoms with E-state index in [1.54, 1.807) is 12.0 Å². The highest BCUT2D eigenvalue weighted by Gasteiger charge is 2.31. The topological polar surface area (TPSA) is 51.1 Å². The number of ether oxygens (including phenoxy) is 2. The van der Waals surface area contributed by atoms with E-state index in [1.165, 1.54) is 11.8 Å². The fourth-order valence-electron chi connectivity index (χ4n) is 2.41. The lowest BCUT2D eigenvalue weighted by Crippen LogP contribution is -2.28. The van der Waals surface area contributed by atoms with E-state index >= 15 is 0 Å².